The zero-order valence-electron chi connectivity index (χ0n) is 17.4. The molecule has 1 aromatic heterocycles. The minimum atomic E-state index is -0.523. The number of hydrogen-bond acceptors (Lipinski definition) is 5. The summed E-state index contributed by atoms with van der Waals surface area (Å²) in [6, 6.07) is 1.92. The molecule has 1 saturated heterocycles. The predicted molar refractivity (Wildman–Crippen MR) is 109 cm³/mol. The van der Waals surface area contributed by atoms with Crippen molar-refractivity contribution in [2.24, 2.45) is 5.92 Å². The number of ether oxygens (including phenoxy) is 2. The topological polar surface area (TPSA) is 64.6 Å². The van der Waals surface area contributed by atoms with Crippen LogP contribution in [0, 0.1) is 5.92 Å². The van der Waals surface area contributed by atoms with E-state index in [4.69, 9.17) is 21.1 Å². The molecule has 1 aliphatic heterocycles. The monoisotopic (exact) mass is 407 g/mol. The summed E-state index contributed by atoms with van der Waals surface area (Å²) in [6.45, 7) is 8.23. The van der Waals surface area contributed by atoms with Crippen molar-refractivity contribution in [2.45, 2.75) is 71.1 Å². The number of fused-ring (bicyclic) bond motifs is 1. The molecule has 0 N–H and O–H groups in total. The second kappa shape index (κ2) is 8.37. The van der Waals surface area contributed by atoms with E-state index >= 15 is 0 Å². The quantitative estimate of drug-likeness (QED) is 0.737. The first-order valence-electron chi connectivity index (χ1n) is 9.92. The summed E-state index contributed by atoms with van der Waals surface area (Å²) < 4.78 is 11.1. The summed E-state index contributed by atoms with van der Waals surface area (Å²) in [5, 5.41) is 8.88. The number of aryl methyl sites for hydroxylation is 1. The molecule has 6 nitrogen and oxygen atoms in total. The van der Waals surface area contributed by atoms with Crippen LogP contribution in [0.4, 0.5) is 4.79 Å². The number of likely N-dealkylation sites (tertiary alicyclic amines) is 1. The molecule has 0 saturated carbocycles. The van der Waals surface area contributed by atoms with Crippen molar-refractivity contribution in [1.82, 2.24) is 15.1 Å². The molecule has 1 unspecified atom stereocenters. The molecule has 1 fully saturated rings. The van der Waals surface area contributed by atoms with Crippen LogP contribution >= 0.6 is 11.6 Å². The van der Waals surface area contributed by atoms with Gasteiger partial charge in [0.1, 0.15) is 5.60 Å². The maximum atomic E-state index is 12.8. The van der Waals surface area contributed by atoms with Gasteiger partial charge in [-0.2, -0.15) is 0 Å². The van der Waals surface area contributed by atoms with Gasteiger partial charge in [0.2, 0.25) is 0 Å². The molecular weight excluding hydrogens is 378 g/mol. The fraction of sp³-hybridized carbons (Fsp3) is 0.667. The van der Waals surface area contributed by atoms with Gasteiger partial charge in [-0.15, -0.1) is 10.2 Å². The lowest BCUT2D eigenvalue weighted by atomic mass is 9.78. The van der Waals surface area contributed by atoms with Gasteiger partial charge in [0.25, 0.3) is 0 Å². The Morgan fingerprint density at radius 3 is 2.75 bits per heavy atom. The van der Waals surface area contributed by atoms with E-state index in [9.17, 15) is 4.79 Å². The number of carbonyl (C=O) groups is 1. The Kier molecular flexibility index (Phi) is 6.30. The second-order valence-corrected chi connectivity index (χ2v) is 9.14. The van der Waals surface area contributed by atoms with Crippen molar-refractivity contribution in [2.75, 3.05) is 13.7 Å². The molecule has 1 aliphatic carbocycles. The lowest BCUT2D eigenvalue weighted by molar-refractivity contribution is -0.0212. The standard InChI is InChI=1S/C21H30ClN3O3/c1-13-9-15(17-8-6-7-14-11-18(22)23-24-19(14)17)10-16(12-27-5)25(13)20(26)28-21(2,3)4/h8,11,13,15-16H,6-7,9-10,12H2,1-5H3/t13?,15-,16-/m1/s1. The average Bonchev–Trinajstić information content (AvgIpc) is 2.59. The van der Waals surface area contributed by atoms with Gasteiger partial charge < -0.3 is 14.4 Å². The van der Waals surface area contributed by atoms with Crippen LogP contribution in [0.1, 0.15) is 58.2 Å². The molecule has 3 rings (SSSR count). The van der Waals surface area contributed by atoms with Crippen molar-refractivity contribution in [3.05, 3.63) is 28.6 Å². The number of carbonyl (C=O) groups excluding carboxylic acids is 1. The normalized spacial score (nSPS) is 25.1. The molecule has 1 aromatic rings. The van der Waals surface area contributed by atoms with Crippen LogP contribution in [0.3, 0.4) is 0 Å². The highest BCUT2D eigenvalue weighted by Crippen LogP contribution is 2.40. The summed E-state index contributed by atoms with van der Waals surface area (Å²) in [5.74, 6) is 0.295. The zero-order chi connectivity index (χ0) is 20.5. The Balaban J connectivity index is 1.84. The van der Waals surface area contributed by atoms with Gasteiger partial charge in [-0.25, -0.2) is 4.79 Å². The van der Waals surface area contributed by atoms with Gasteiger partial charge in [0.15, 0.2) is 5.15 Å². The van der Waals surface area contributed by atoms with Crippen molar-refractivity contribution < 1.29 is 14.3 Å². The number of amides is 1. The third-order valence-electron chi connectivity index (χ3n) is 5.35. The van der Waals surface area contributed by atoms with E-state index in [2.05, 4.69) is 23.2 Å². The predicted octanol–water partition coefficient (Wildman–Crippen LogP) is 4.51. The van der Waals surface area contributed by atoms with Crippen LogP contribution in [0.2, 0.25) is 5.15 Å². The zero-order valence-corrected chi connectivity index (χ0v) is 18.1. The molecule has 2 aliphatic rings. The Bertz CT molecular complexity index is 760. The molecule has 0 aromatic carbocycles. The summed E-state index contributed by atoms with van der Waals surface area (Å²) in [7, 11) is 1.67. The minimum absolute atomic E-state index is 0.0415. The van der Waals surface area contributed by atoms with Gasteiger partial charge in [0.05, 0.1) is 18.3 Å². The van der Waals surface area contributed by atoms with Crippen LogP contribution in [0.5, 0.6) is 0 Å². The van der Waals surface area contributed by atoms with E-state index in [1.165, 1.54) is 5.57 Å². The van der Waals surface area contributed by atoms with Crippen LogP contribution in [0.15, 0.2) is 12.1 Å². The largest absolute Gasteiger partial charge is 0.444 e. The maximum Gasteiger partial charge on any atom is 0.410 e. The number of halogens is 1. The first-order chi connectivity index (χ1) is 13.2. The number of piperidine rings is 1. The second-order valence-electron chi connectivity index (χ2n) is 8.75. The number of rotatable bonds is 3. The molecule has 0 bridgehead atoms. The SMILES string of the molecule is COC[C@H]1C[C@H](C2=CCCc3cc(Cl)nnc32)CC(C)N1C(=O)OC(C)(C)C. The van der Waals surface area contributed by atoms with Crippen LogP contribution in [-0.4, -0.2) is 52.6 Å². The van der Waals surface area contributed by atoms with Crippen molar-refractivity contribution in [3.63, 3.8) is 0 Å². The van der Waals surface area contributed by atoms with Crippen LogP contribution < -0.4 is 0 Å². The van der Waals surface area contributed by atoms with E-state index in [0.717, 1.165) is 36.9 Å². The molecule has 0 radical (unpaired) electrons. The molecule has 7 heteroatoms. The lowest BCUT2D eigenvalue weighted by Crippen LogP contribution is -2.54. The van der Waals surface area contributed by atoms with Gasteiger partial charge in [-0.1, -0.05) is 17.7 Å². The van der Waals surface area contributed by atoms with Crippen LogP contribution in [0.25, 0.3) is 5.57 Å². The molecule has 3 atom stereocenters. The Labute approximate surface area is 172 Å². The third kappa shape index (κ3) is 4.66. The van der Waals surface area contributed by atoms with Crippen molar-refractivity contribution >= 4 is 23.3 Å². The van der Waals surface area contributed by atoms with E-state index in [1.807, 2.05) is 31.7 Å². The third-order valence-corrected chi connectivity index (χ3v) is 5.53. The van der Waals surface area contributed by atoms with E-state index in [1.54, 1.807) is 7.11 Å². The molecule has 0 spiro atoms. The Morgan fingerprint density at radius 2 is 2.07 bits per heavy atom. The van der Waals surface area contributed by atoms with E-state index < -0.39 is 5.60 Å². The average molecular weight is 408 g/mol. The number of methoxy groups -OCH3 is 1. The first kappa shape index (κ1) is 21.1. The Morgan fingerprint density at radius 1 is 1.32 bits per heavy atom. The highest BCUT2D eigenvalue weighted by Gasteiger charge is 2.40. The summed E-state index contributed by atoms with van der Waals surface area (Å²) >= 11 is 6.04. The van der Waals surface area contributed by atoms with Gasteiger partial charge in [-0.05, 0) is 76.5 Å². The van der Waals surface area contributed by atoms with Gasteiger partial charge in [-0.3, -0.25) is 0 Å². The highest BCUT2D eigenvalue weighted by atomic mass is 35.5. The number of allylic oxidation sites excluding steroid dienone is 2. The van der Waals surface area contributed by atoms with Crippen LogP contribution in [-0.2, 0) is 15.9 Å². The molecule has 1 amide bonds. The summed E-state index contributed by atoms with van der Waals surface area (Å²) in [6.07, 6.45) is 5.57. The maximum absolute atomic E-state index is 12.8. The molecule has 28 heavy (non-hydrogen) atoms. The van der Waals surface area contributed by atoms with E-state index in [0.29, 0.717) is 17.7 Å². The summed E-state index contributed by atoms with van der Waals surface area (Å²) in [5.41, 5.74) is 2.81. The number of hydrogen-bond donors (Lipinski definition) is 0. The van der Waals surface area contributed by atoms with Gasteiger partial charge in [0, 0.05) is 13.2 Å². The van der Waals surface area contributed by atoms with Crippen molar-refractivity contribution in [3.8, 4) is 0 Å². The lowest BCUT2D eigenvalue weighted by Gasteiger charge is -2.44. The smallest absolute Gasteiger partial charge is 0.410 e. The fourth-order valence-corrected chi connectivity index (χ4v) is 4.51. The molecule has 154 valence electrons. The summed E-state index contributed by atoms with van der Waals surface area (Å²) in [4.78, 5) is 14.7. The molecule has 2 heterocycles. The van der Waals surface area contributed by atoms with Crippen molar-refractivity contribution in [1.29, 1.82) is 0 Å². The number of aromatic nitrogens is 2. The first-order valence-corrected chi connectivity index (χ1v) is 10.3. The highest BCUT2D eigenvalue weighted by molar-refractivity contribution is 6.29. The minimum Gasteiger partial charge on any atom is -0.444 e. The fourth-order valence-electron chi connectivity index (χ4n) is 4.34. The van der Waals surface area contributed by atoms with Gasteiger partial charge >= 0.3 is 6.09 Å². The van der Waals surface area contributed by atoms with E-state index in [-0.39, 0.29) is 18.2 Å². The molecular formula is C21H30ClN3O3. The Hall–Kier alpha value is -1.66. The number of nitrogens with zero attached hydrogens (tertiary/aromatic N) is 3.